The predicted octanol–water partition coefficient (Wildman–Crippen LogP) is 2.75. The summed E-state index contributed by atoms with van der Waals surface area (Å²) >= 11 is 0. The van der Waals surface area contributed by atoms with Gasteiger partial charge in [-0.25, -0.2) is 10.5 Å². The van der Waals surface area contributed by atoms with Gasteiger partial charge >= 0.3 is 0 Å². The van der Waals surface area contributed by atoms with E-state index >= 15 is 0 Å². The first-order valence-corrected chi connectivity index (χ1v) is 9.59. The number of hydrogen-bond acceptors (Lipinski definition) is 5. The molecule has 0 unspecified atom stereocenters. The van der Waals surface area contributed by atoms with Crippen LogP contribution in [-0.4, -0.2) is 41.1 Å². The fourth-order valence-corrected chi connectivity index (χ4v) is 3.62. The molecular formula is C22H22N4O3. The molecule has 1 fully saturated rings. The van der Waals surface area contributed by atoms with Crippen LogP contribution in [0.4, 0.5) is 5.82 Å². The summed E-state index contributed by atoms with van der Waals surface area (Å²) in [7, 11) is 0. The Morgan fingerprint density at radius 3 is 2.34 bits per heavy atom. The molecule has 3 aromatic rings. The molecule has 1 aliphatic heterocycles. The van der Waals surface area contributed by atoms with Gasteiger partial charge < -0.3 is 10.2 Å². The number of hydrogen-bond donors (Lipinski definition) is 3. The Morgan fingerprint density at radius 2 is 1.66 bits per heavy atom. The van der Waals surface area contributed by atoms with Gasteiger partial charge in [0.1, 0.15) is 5.82 Å². The number of pyridine rings is 1. The molecule has 7 heteroatoms. The van der Waals surface area contributed by atoms with Crippen LogP contribution in [0.2, 0.25) is 0 Å². The second kappa shape index (κ2) is 8.28. The normalized spacial score (nSPS) is 14.6. The van der Waals surface area contributed by atoms with E-state index in [1.165, 1.54) is 6.20 Å². The molecular weight excluding hydrogens is 368 g/mol. The molecule has 0 saturated carbocycles. The summed E-state index contributed by atoms with van der Waals surface area (Å²) in [6.45, 7) is 1.53. The number of carbonyl (C=O) groups is 2. The first kappa shape index (κ1) is 18.9. The zero-order valence-electron chi connectivity index (χ0n) is 15.8. The molecule has 4 rings (SSSR count). The molecule has 29 heavy (non-hydrogen) atoms. The van der Waals surface area contributed by atoms with Gasteiger partial charge in [0, 0.05) is 30.9 Å². The Balaban J connectivity index is 1.34. The number of anilines is 1. The number of carbonyl (C=O) groups excluding carboxylic acids is 2. The van der Waals surface area contributed by atoms with Gasteiger partial charge in [-0.2, -0.15) is 0 Å². The Hall–Kier alpha value is -3.45. The van der Waals surface area contributed by atoms with Gasteiger partial charge in [0.25, 0.3) is 11.8 Å². The maximum atomic E-state index is 12.6. The van der Waals surface area contributed by atoms with E-state index < -0.39 is 5.91 Å². The monoisotopic (exact) mass is 390 g/mol. The molecule has 0 bridgehead atoms. The van der Waals surface area contributed by atoms with Crippen LogP contribution in [0.1, 0.15) is 33.6 Å². The molecule has 0 atom stereocenters. The second-order valence-corrected chi connectivity index (χ2v) is 7.14. The highest BCUT2D eigenvalue weighted by Crippen LogP contribution is 2.20. The highest BCUT2D eigenvalue weighted by atomic mass is 16.5. The Kier molecular flexibility index (Phi) is 5.39. The van der Waals surface area contributed by atoms with Crippen molar-refractivity contribution in [1.29, 1.82) is 0 Å². The lowest BCUT2D eigenvalue weighted by Crippen LogP contribution is -2.45. The Bertz CT molecular complexity index is 1030. The zero-order chi connectivity index (χ0) is 20.2. The topological polar surface area (TPSA) is 94.6 Å². The average molecular weight is 390 g/mol. The minimum Gasteiger partial charge on any atom is -0.356 e. The van der Waals surface area contributed by atoms with E-state index in [1.54, 1.807) is 17.6 Å². The van der Waals surface area contributed by atoms with Crippen LogP contribution in [0.5, 0.6) is 0 Å². The SMILES string of the molecule is O=C(NO)c1ccc(N2CCC(NC(=O)c3ccc4ccccc4c3)CC2)nc1. The number of piperidine rings is 1. The summed E-state index contributed by atoms with van der Waals surface area (Å²) in [4.78, 5) is 30.4. The molecule has 2 heterocycles. The highest BCUT2D eigenvalue weighted by molar-refractivity contribution is 5.98. The quantitative estimate of drug-likeness (QED) is 0.470. The number of benzene rings is 2. The molecule has 1 saturated heterocycles. The van der Waals surface area contributed by atoms with Crippen LogP contribution in [-0.2, 0) is 0 Å². The van der Waals surface area contributed by atoms with Crippen molar-refractivity contribution in [2.75, 3.05) is 18.0 Å². The van der Waals surface area contributed by atoms with Crippen LogP contribution in [0.3, 0.4) is 0 Å². The maximum Gasteiger partial charge on any atom is 0.276 e. The zero-order valence-corrected chi connectivity index (χ0v) is 15.8. The second-order valence-electron chi connectivity index (χ2n) is 7.14. The van der Waals surface area contributed by atoms with Crippen LogP contribution in [0.25, 0.3) is 10.8 Å². The molecule has 2 amide bonds. The lowest BCUT2D eigenvalue weighted by atomic mass is 10.0. The Morgan fingerprint density at radius 1 is 0.931 bits per heavy atom. The standard InChI is InChI=1S/C22H22N4O3/c27-21(17-6-5-15-3-1-2-4-16(15)13-17)24-19-9-11-26(12-10-19)20-8-7-18(14-23-20)22(28)25-29/h1-8,13-14,19,29H,9-12H2,(H,24,27)(H,25,28). The number of hydroxylamine groups is 1. The smallest absolute Gasteiger partial charge is 0.276 e. The molecule has 0 spiro atoms. The largest absolute Gasteiger partial charge is 0.356 e. The molecule has 1 aromatic heterocycles. The first-order chi connectivity index (χ1) is 14.1. The third-order valence-corrected chi connectivity index (χ3v) is 5.28. The van der Waals surface area contributed by atoms with Gasteiger partial charge in [-0.1, -0.05) is 30.3 Å². The fraction of sp³-hybridized carbons (Fsp3) is 0.227. The third kappa shape index (κ3) is 4.20. The van der Waals surface area contributed by atoms with Crippen molar-refractivity contribution in [2.45, 2.75) is 18.9 Å². The van der Waals surface area contributed by atoms with Gasteiger partial charge in [-0.3, -0.25) is 14.8 Å². The van der Waals surface area contributed by atoms with E-state index in [1.807, 2.05) is 42.5 Å². The molecule has 3 N–H and O–H groups in total. The summed E-state index contributed by atoms with van der Waals surface area (Å²) in [6.07, 6.45) is 3.08. The third-order valence-electron chi connectivity index (χ3n) is 5.28. The van der Waals surface area contributed by atoms with E-state index in [0.29, 0.717) is 11.1 Å². The van der Waals surface area contributed by atoms with E-state index in [0.717, 1.165) is 42.5 Å². The van der Waals surface area contributed by atoms with E-state index in [2.05, 4.69) is 15.2 Å². The minimum atomic E-state index is -0.584. The fourth-order valence-electron chi connectivity index (χ4n) is 3.62. The van der Waals surface area contributed by atoms with Gasteiger partial charge in [0.15, 0.2) is 0 Å². The summed E-state index contributed by atoms with van der Waals surface area (Å²) in [5, 5.41) is 14.0. The van der Waals surface area contributed by atoms with Crippen molar-refractivity contribution in [1.82, 2.24) is 15.8 Å². The average Bonchev–Trinajstić information content (AvgIpc) is 2.79. The van der Waals surface area contributed by atoms with Gasteiger partial charge in [0.05, 0.1) is 5.56 Å². The first-order valence-electron chi connectivity index (χ1n) is 9.59. The van der Waals surface area contributed by atoms with Gasteiger partial charge in [0.2, 0.25) is 0 Å². The van der Waals surface area contributed by atoms with Crippen LogP contribution < -0.4 is 15.7 Å². The molecule has 1 aliphatic rings. The van der Waals surface area contributed by atoms with Crippen LogP contribution in [0, 0.1) is 0 Å². The lowest BCUT2D eigenvalue weighted by Gasteiger charge is -2.33. The van der Waals surface area contributed by atoms with E-state index in [4.69, 9.17) is 5.21 Å². The van der Waals surface area contributed by atoms with Crippen molar-refractivity contribution < 1.29 is 14.8 Å². The van der Waals surface area contributed by atoms with Crippen molar-refractivity contribution in [3.8, 4) is 0 Å². The van der Waals surface area contributed by atoms with Crippen molar-refractivity contribution in [3.05, 3.63) is 71.9 Å². The minimum absolute atomic E-state index is 0.0494. The molecule has 0 aliphatic carbocycles. The summed E-state index contributed by atoms with van der Waals surface area (Å²) < 4.78 is 0. The summed E-state index contributed by atoms with van der Waals surface area (Å²) in [6, 6.07) is 17.3. The van der Waals surface area contributed by atoms with Crippen molar-refractivity contribution >= 4 is 28.4 Å². The molecule has 2 aromatic carbocycles. The van der Waals surface area contributed by atoms with E-state index in [-0.39, 0.29) is 11.9 Å². The molecule has 0 radical (unpaired) electrons. The maximum absolute atomic E-state index is 12.6. The highest BCUT2D eigenvalue weighted by Gasteiger charge is 2.22. The number of nitrogens with zero attached hydrogens (tertiary/aromatic N) is 2. The van der Waals surface area contributed by atoms with Crippen LogP contribution >= 0.6 is 0 Å². The van der Waals surface area contributed by atoms with E-state index in [9.17, 15) is 9.59 Å². The number of rotatable bonds is 4. The molecule has 148 valence electrons. The summed E-state index contributed by atoms with van der Waals surface area (Å²) in [5.74, 6) is 0.143. The van der Waals surface area contributed by atoms with Crippen molar-refractivity contribution in [3.63, 3.8) is 0 Å². The van der Waals surface area contributed by atoms with Crippen LogP contribution in [0.15, 0.2) is 60.8 Å². The predicted molar refractivity (Wildman–Crippen MR) is 110 cm³/mol. The van der Waals surface area contributed by atoms with Gasteiger partial charge in [-0.05, 0) is 47.9 Å². The number of aromatic nitrogens is 1. The molecule has 7 nitrogen and oxygen atoms in total. The summed E-state index contributed by atoms with van der Waals surface area (Å²) in [5.41, 5.74) is 2.57. The van der Waals surface area contributed by atoms with Gasteiger partial charge in [-0.15, -0.1) is 0 Å². The Labute approximate surface area is 168 Å². The number of amides is 2. The number of fused-ring (bicyclic) bond motifs is 1. The van der Waals surface area contributed by atoms with Crippen molar-refractivity contribution in [2.24, 2.45) is 0 Å². The number of nitrogens with one attached hydrogen (secondary N) is 2. The lowest BCUT2D eigenvalue weighted by molar-refractivity contribution is 0.0706.